The lowest BCUT2D eigenvalue weighted by Crippen LogP contribution is -2.38. The average Bonchev–Trinajstić information content (AvgIpc) is 3.42. The summed E-state index contributed by atoms with van der Waals surface area (Å²) < 4.78 is 42.1. The van der Waals surface area contributed by atoms with Crippen LogP contribution < -0.4 is 10.6 Å². The van der Waals surface area contributed by atoms with Crippen LogP contribution in [0.15, 0.2) is 51.8 Å². The highest BCUT2D eigenvalue weighted by Crippen LogP contribution is 2.43. The monoisotopic (exact) mass is 602 g/mol. The smallest absolute Gasteiger partial charge is 0.352 e. The molecule has 2 aliphatic carbocycles. The van der Waals surface area contributed by atoms with Gasteiger partial charge in [-0.05, 0) is 43.2 Å². The molecule has 200 valence electrons. The predicted molar refractivity (Wildman–Crippen MR) is 142 cm³/mol. The normalized spacial score (nSPS) is 21.1. The second-order valence-corrected chi connectivity index (χ2v) is 11.7. The lowest BCUT2D eigenvalue weighted by atomic mass is 9.98. The topological polar surface area (TPSA) is 101 Å². The zero-order chi connectivity index (χ0) is 27.2. The minimum absolute atomic E-state index is 0.00435. The Kier molecular flexibility index (Phi) is 7.55. The standard InChI is InChI=1S/C23H19Cl2F3N6O2S2/c1-37-22-31-13-7-11(20(35)30-9-10-4-5-10)17(16(25)18(13)38-22)32-21(36)14-8-15(23(26,27)28)33-34(14)19-12(24)3-2-6-29-19/h2-3,6-8,10,13,18H,4-5,9H2,1H3,(H,30,35)(H,32,36). The Morgan fingerprint density at radius 3 is 2.68 bits per heavy atom. The first-order valence-corrected chi connectivity index (χ1v) is 14.2. The zero-order valence-corrected chi connectivity index (χ0v) is 22.7. The van der Waals surface area contributed by atoms with Crippen LogP contribution >= 0.6 is 46.7 Å². The molecule has 0 radical (unpaired) electrons. The van der Waals surface area contributed by atoms with Crippen LogP contribution in [0.5, 0.6) is 0 Å². The molecule has 5 rings (SSSR count). The molecule has 1 saturated carbocycles. The third-order valence-corrected chi connectivity index (χ3v) is 9.13. The number of pyridine rings is 1. The predicted octanol–water partition coefficient (Wildman–Crippen LogP) is 4.79. The van der Waals surface area contributed by atoms with Crippen molar-refractivity contribution in [2.45, 2.75) is 30.3 Å². The van der Waals surface area contributed by atoms with Gasteiger partial charge in [-0.25, -0.2) is 9.67 Å². The Bertz CT molecular complexity index is 1400. The molecular weight excluding hydrogens is 584 g/mol. The van der Waals surface area contributed by atoms with Crippen molar-refractivity contribution in [3.63, 3.8) is 0 Å². The molecule has 2 atom stereocenters. The van der Waals surface area contributed by atoms with Crippen LogP contribution in [0.1, 0.15) is 29.0 Å². The van der Waals surface area contributed by atoms with Gasteiger partial charge in [-0.15, -0.1) is 11.8 Å². The number of aliphatic imine (C=N–C) groups is 1. The molecule has 15 heteroatoms. The summed E-state index contributed by atoms with van der Waals surface area (Å²) in [6, 6.07) is 3.07. The van der Waals surface area contributed by atoms with Gasteiger partial charge in [0.1, 0.15) is 10.1 Å². The Morgan fingerprint density at radius 1 is 1.26 bits per heavy atom. The van der Waals surface area contributed by atoms with E-state index in [4.69, 9.17) is 23.2 Å². The van der Waals surface area contributed by atoms with Crippen LogP contribution in [0, 0.1) is 5.92 Å². The van der Waals surface area contributed by atoms with Gasteiger partial charge in [0, 0.05) is 18.8 Å². The van der Waals surface area contributed by atoms with Crippen LogP contribution in [-0.2, 0) is 11.0 Å². The number of aromatic nitrogens is 3. The number of hydrogen-bond donors (Lipinski definition) is 2. The molecule has 2 unspecified atom stereocenters. The van der Waals surface area contributed by atoms with Crippen molar-refractivity contribution in [1.29, 1.82) is 0 Å². The van der Waals surface area contributed by atoms with Gasteiger partial charge in [0.25, 0.3) is 11.8 Å². The zero-order valence-electron chi connectivity index (χ0n) is 19.6. The molecule has 0 bridgehead atoms. The molecule has 0 spiro atoms. The molecule has 2 N–H and O–H groups in total. The van der Waals surface area contributed by atoms with Crippen molar-refractivity contribution in [2.24, 2.45) is 10.9 Å². The van der Waals surface area contributed by atoms with E-state index in [-0.39, 0.29) is 27.1 Å². The number of rotatable bonds is 6. The van der Waals surface area contributed by atoms with Crippen molar-refractivity contribution in [3.8, 4) is 5.82 Å². The molecule has 3 aliphatic rings. The third-order valence-electron chi connectivity index (χ3n) is 5.97. The fraction of sp³-hybridized carbons (Fsp3) is 0.348. The summed E-state index contributed by atoms with van der Waals surface area (Å²) in [7, 11) is 0. The highest BCUT2D eigenvalue weighted by molar-refractivity contribution is 8.39. The van der Waals surface area contributed by atoms with E-state index in [2.05, 4.69) is 25.7 Å². The summed E-state index contributed by atoms with van der Waals surface area (Å²) in [4.78, 5) is 35.2. The number of hydrogen-bond acceptors (Lipinski definition) is 7. The van der Waals surface area contributed by atoms with Crippen molar-refractivity contribution < 1.29 is 22.8 Å². The highest BCUT2D eigenvalue weighted by Gasteiger charge is 2.41. The first-order valence-electron chi connectivity index (χ1n) is 11.3. The number of alkyl halides is 3. The number of nitrogens with zero attached hydrogens (tertiary/aromatic N) is 4. The number of amides is 2. The first kappa shape index (κ1) is 27.1. The highest BCUT2D eigenvalue weighted by atomic mass is 35.5. The summed E-state index contributed by atoms with van der Waals surface area (Å²) in [5.41, 5.74) is -1.70. The number of carbonyl (C=O) groups excluding carboxylic acids is 2. The largest absolute Gasteiger partial charge is 0.435 e. The van der Waals surface area contributed by atoms with E-state index in [9.17, 15) is 22.8 Å². The minimum atomic E-state index is -4.84. The molecule has 1 aliphatic heterocycles. The summed E-state index contributed by atoms with van der Waals surface area (Å²) >= 11 is 15.7. The molecule has 2 amide bonds. The van der Waals surface area contributed by atoms with E-state index in [1.54, 1.807) is 6.08 Å². The summed E-state index contributed by atoms with van der Waals surface area (Å²) in [6.45, 7) is 0.469. The van der Waals surface area contributed by atoms with E-state index in [1.165, 1.54) is 41.9 Å². The Balaban J connectivity index is 1.51. The Hall–Kier alpha value is -2.48. The van der Waals surface area contributed by atoms with Crippen molar-refractivity contribution in [1.82, 2.24) is 25.4 Å². The quantitative estimate of drug-likeness (QED) is 0.493. The third kappa shape index (κ3) is 5.47. The van der Waals surface area contributed by atoms with Crippen molar-refractivity contribution >= 4 is 62.9 Å². The molecule has 0 aromatic carbocycles. The SMILES string of the molecule is CSC1=NC2C=C(C(=O)NCC3CC3)C(NC(=O)c3cc(C(F)(F)F)nn3-c3ncccc3Cl)=C(Cl)C2S1. The minimum Gasteiger partial charge on any atom is -0.352 e. The molecule has 8 nitrogen and oxygen atoms in total. The van der Waals surface area contributed by atoms with Gasteiger partial charge in [-0.3, -0.25) is 14.6 Å². The van der Waals surface area contributed by atoms with E-state index in [0.717, 1.165) is 21.9 Å². The second-order valence-electron chi connectivity index (χ2n) is 8.67. The molecule has 2 aromatic rings. The number of halogens is 5. The Morgan fingerprint density at radius 2 is 2.03 bits per heavy atom. The lowest BCUT2D eigenvalue weighted by molar-refractivity contribution is -0.141. The van der Waals surface area contributed by atoms with Gasteiger partial charge in [0.15, 0.2) is 11.5 Å². The molecular formula is C23H19Cl2F3N6O2S2. The van der Waals surface area contributed by atoms with Crippen LogP contribution in [-0.4, -0.2) is 55.0 Å². The van der Waals surface area contributed by atoms with Gasteiger partial charge in [0.2, 0.25) is 0 Å². The van der Waals surface area contributed by atoms with E-state index < -0.39 is 40.7 Å². The van der Waals surface area contributed by atoms with Gasteiger partial charge in [0.05, 0.1) is 32.6 Å². The average molecular weight is 603 g/mol. The first-order chi connectivity index (χ1) is 18.1. The van der Waals surface area contributed by atoms with Crippen molar-refractivity contribution in [2.75, 3.05) is 12.8 Å². The van der Waals surface area contributed by atoms with E-state index in [1.807, 2.05) is 6.26 Å². The van der Waals surface area contributed by atoms with Crippen molar-refractivity contribution in [3.05, 3.63) is 63.2 Å². The Labute approximate surface area is 233 Å². The number of carbonyl (C=O) groups is 2. The molecule has 2 aromatic heterocycles. The maximum absolute atomic E-state index is 13.6. The number of fused-ring (bicyclic) bond motifs is 1. The maximum Gasteiger partial charge on any atom is 0.435 e. The van der Waals surface area contributed by atoms with Crippen LogP contribution in [0.4, 0.5) is 13.2 Å². The molecule has 3 heterocycles. The fourth-order valence-electron chi connectivity index (χ4n) is 3.87. The van der Waals surface area contributed by atoms with Crippen LogP contribution in [0.3, 0.4) is 0 Å². The van der Waals surface area contributed by atoms with Crippen LogP contribution in [0.2, 0.25) is 5.02 Å². The molecule has 1 fully saturated rings. The van der Waals surface area contributed by atoms with Gasteiger partial charge in [-0.2, -0.15) is 18.3 Å². The van der Waals surface area contributed by atoms with Crippen LogP contribution in [0.25, 0.3) is 5.82 Å². The van der Waals surface area contributed by atoms with Gasteiger partial charge < -0.3 is 10.6 Å². The van der Waals surface area contributed by atoms with E-state index >= 15 is 0 Å². The van der Waals surface area contributed by atoms with Gasteiger partial charge >= 0.3 is 6.18 Å². The number of nitrogens with one attached hydrogen (secondary N) is 2. The fourth-order valence-corrected chi connectivity index (χ4v) is 6.31. The number of thioether (sulfide) groups is 2. The molecule has 38 heavy (non-hydrogen) atoms. The summed E-state index contributed by atoms with van der Waals surface area (Å²) in [5.74, 6) is -1.20. The van der Waals surface area contributed by atoms with Gasteiger partial charge in [-0.1, -0.05) is 35.0 Å². The lowest BCUT2D eigenvalue weighted by Gasteiger charge is -2.25. The summed E-state index contributed by atoms with van der Waals surface area (Å²) in [5, 5.41) is 8.72. The summed E-state index contributed by atoms with van der Waals surface area (Å²) in [6.07, 6.45) is 1.99. The second kappa shape index (κ2) is 10.6. The van der Waals surface area contributed by atoms with E-state index in [0.29, 0.717) is 18.5 Å². The molecule has 0 saturated heterocycles. The maximum atomic E-state index is 13.6.